The number of guanidine groups is 1. The van der Waals surface area contributed by atoms with Gasteiger partial charge in [-0.15, -0.1) is 11.3 Å². The van der Waals surface area contributed by atoms with Gasteiger partial charge >= 0.3 is 0 Å². The fourth-order valence-corrected chi connectivity index (χ4v) is 2.10. The number of thiazole rings is 1. The van der Waals surface area contributed by atoms with E-state index in [9.17, 15) is 4.79 Å². The molecule has 1 N–H and O–H groups in total. The van der Waals surface area contributed by atoms with Gasteiger partial charge in [0.15, 0.2) is 5.96 Å². The van der Waals surface area contributed by atoms with Crippen LogP contribution >= 0.6 is 11.3 Å². The third-order valence-electron chi connectivity index (χ3n) is 2.54. The van der Waals surface area contributed by atoms with E-state index in [4.69, 9.17) is 0 Å². The molecule has 0 saturated heterocycles. The van der Waals surface area contributed by atoms with E-state index in [0.717, 1.165) is 10.7 Å². The fourth-order valence-electron chi connectivity index (χ4n) is 1.50. The van der Waals surface area contributed by atoms with Crippen molar-refractivity contribution < 1.29 is 4.79 Å². The van der Waals surface area contributed by atoms with Crippen molar-refractivity contribution in [1.82, 2.24) is 20.1 Å². The lowest BCUT2D eigenvalue weighted by atomic mass is 10.4. The highest BCUT2D eigenvalue weighted by Gasteiger charge is 2.10. The number of hydrogen-bond donors (Lipinski definition) is 1. The van der Waals surface area contributed by atoms with Gasteiger partial charge in [-0.25, -0.2) is 4.98 Å². The van der Waals surface area contributed by atoms with Crippen molar-refractivity contribution in [2.75, 3.05) is 34.7 Å². The second-order valence-electron chi connectivity index (χ2n) is 4.40. The summed E-state index contributed by atoms with van der Waals surface area (Å²) in [5.74, 6) is 0.694. The van der Waals surface area contributed by atoms with Crippen LogP contribution in [0.25, 0.3) is 0 Å². The van der Waals surface area contributed by atoms with Crippen molar-refractivity contribution >= 4 is 23.2 Å². The summed E-state index contributed by atoms with van der Waals surface area (Å²) in [6.45, 7) is 2.89. The number of likely N-dealkylation sites (N-methyl/N-ethyl adjacent to an activating group) is 1. The quantitative estimate of drug-likeness (QED) is 0.647. The van der Waals surface area contributed by atoms with Gasteiger partial charge in [-0.3, -0.25) is 9.79 Å². The Kier molecular flexibility index (Phi) is 5.75. The summed E-state index contributed by atoms with van der Waals surface area (Å²) in [5.41, 5.74) is 1.01. The molecule has 1 rings (SSSR count). The number of amides is 1. The number of nitrogens with one attached hydrogen (secondary N) is 1. The van der Waals surface area contributed by atoms with Gasteiger partial charge in [0.2, 0.25) is 5.91 Å². The molecule has 1 aromatic rings. The Hall–Kier alpha value is -1.63. The lowest BCUT2D eigenvalue weighted by molar-refractivity contribution is -0.127. The Labute approximate surface area is 118 Å². The molecule has 0 aliphatic rings. The average molecular weight is 283 g/mol. The molecule has 0 spiro atoms. The maximum absolute atomic E-state index is 11.5. The van der Waals surface area contributed by atoms with Crippen LogP contribution in [0.2, 0.25) is 0 Å². The van der Waals surface area contributed by atoms with Crippen molar-refractivity contribution in [3.63, 3.8) is 0 Å². The summed E-state index contributed by atoms with van der Waals surface area (Å²) in [5, 5.41) is 6.12. The number of carbonyl (C=O) groups is 1. The first-order valence-electron chi connectivity index (χ1n) is 5.97. The molecule has 106 valence electrons. The Balaban J connectivity index is 2.53. The monoisotopic (exact) mass is 283 g/mol. The maximum Gasteiger partial charge on any atom is 0.241 e. The summed E-state index contributed by atoms with van der Waals surface area (Å²) in [7, 11) is 7.08. The van der Waals surface area contributed by atoms with E-state index in [-0.39, 0.29) is 12.5 Å². The first-order valence-corrected chi connectivity index (χ1v) is 6.85. The lowest BCUT2D eigenvalue weighted by Gasteiger charge is -2.21. The van der Waals surface area contributed by atoms with Crippen LogP contribution in [0.3, 0.4) is 0 Å². The molecule has 0 atom stereocenters. The smallest absolute Gasteiger partial charge is 0.241 e. The average Bonchev–Trinajstić information content (AvgIpc) is 2.75. The molecular weight excluding hydrogens is 262 g/mol. The van der Waals surface area contributed by atoms with Gasteiger partial charge in [-0.2, -0.15) is 0 Å². The number of aryl methyl sites for hydroxylation is 1. The van der Waals surface area contributed by atoms with Crippen LogP contribution in [0.15, 0.2) is 10.4 Å². The van der Waals surface area contributed by atoms with Crippen LogP contribution in [0.4, 0.5) is 0 Å². The highest BCUT2D eigenvalue weighted by molar-refractivity contribution is 7.09. The zero-order chi connectivity index (χ0) is 14.4. The predicted molar refractivity (Wildman–Crippen MR) is 78.4 cm³/mol. The zero-order valence-corrected chi connectivity index (χ0v) is 12.9. The fraction of sp³-hybridized carbons (Fsp3) is 0.583. The molecule has 6 nitrogen and oxygen atoms in total. The summed E-state index contributed by atoms with van der Waals surface area (Å²) < 4.78 is 0. The van der Waals surface area contributed by atoms with Crippen LogP contribution in [0, 0.1) is 6.92 Å². The number of nitrogens with zero attached hydrogens (tertiary/aromatic N) is 4. The van der Waals surface area contributed by atoms with Crippen LogP contribution in [-0.4, -0.2) is 61.4 Å². The number of aliphatic imine (C=N–C) groups is 1. The topological polar surface area (TPSA) is 60.8 Å². The van der Waals surface area contributed by atoms with Gasteiger partial charge in [-0.1, -0.05) is 0 Å². The molecule has 0 aliphatic carbocycles. The van der Waals surface area contributed by atoms with E-state index in [1.54, 1.807) is 37.4 Å². The summed E-state index contributed by atoms with van der Waals surface area (Å²) in [6.07, 6.45) is 0. The molecule has 1 heterocycles. The van der Waals surface area contributed by atoms with Crippen molar-refractivity contribution in [3.05, 3.63) is 16.1 Å². The zero-order valence-electron chi connectivity index (χ0n) is 12.1. The van der Waals surface area contributed by atoms with Gasteiger partial charge in [0.1, 0.15) is 0 Å². The Morgan fingerprint density at radius 1 is 1.47 bits per heavy atom. The van der Waals surface area contributed by atoms with E-state index in [0.29, 0.717) is 12.5 Å². The van der Waals surface area contributed by atoms with Crippen molar-refractivity contribution in [2.45, 2.75) is 13.5 Å². The SMILES string of the molecule is CN=C(NCC(=O)N(C)C)N(C)Cc1csc(C)n1. The molecule has 7 heteroatoms. The standard InChI is InChI=1S/C12H21N5OS/c1-9-15-10(8-19-9)7-17(5)12(13-2)14-6-11(18)16(3)4/h8H,6-7H2,1-5H3,(H,13,14). The van der Waals surface area contributed by atoms with Crippen LogP contribution in [0.1, 0.15) is 10.7 Å². The first-order chi connectivity index (χ1) is 8.93. The minimum atomic E-state index is 0.0130. The van der Waals surface area contributed by atoms with E-state index in [2.05, 4.69) is 15.3 Å². The molecule has 0 unspecified atom stereocenters. The lowest BCUT2D eigenvalue weighted by Crippen LogP contribution is -2.43. The molecule has 0 aliphatic heterocycles. The number of rotatable bonds is 4. The predicted octanol–water partition coefficient (Wildman–Crippen LogP) is 0.547. The van der Waals surface area contributed by atoms with E-state index >= 15 is 0 Å². The molecule has 19 heavy (non-hydrogen) atoms. The van der Waals surface area contributed by atoms with Crippen LogP contribution < -0.4 is 5.32 Å². The molecule has 0 radical (unpaired) electrons. The van der Waals surface area contributed by atoms with Gasteiger partial charge in [0, 0.05) is 33.6 Å². The van der Waals surface area contributed by atoms with Crippen molar-refractivity contribution in [3.8, 4) is 0 Å². The third-order valence-corrected chi connectivity index (χ3v) is 3.36. The second kappa shape index (κ2) is 7.08. The largest absolute Gasteiger partial charge is 0.347 e. The molecule has 1 aromatic heterocycles. The minimum Gasteiger partial charge on any atom is -0.347 e. The Morgan fingerprint density at radius 2 is 2.16 bits per heavy atom. The number of aromatic nitrogens is 1. The van der Waals surface area contributed by atoms with E-state index in [1.807, 2.05) is 24.3 Å². The Morgan fingerprint density at radius 3 is 2.63 bits per heavy atom. The summed E-state index contributed by atoms with van der Waals surface area (Å²) in [6, 6.07) is 0. The highest BCUT2D eigenvalue weighted by Crippen LogP contribution is 2.09. The van der Waals surface area contributed by atoms with E-state index < -0.39 is 0 Å². The number of hydrogen-bond acceptors (Lipinski definition) is 4. The third kappa shape index (κ3) is 4.86. The molecule has 0 bridgehead atoms. The molecule has 1 amide bonds. The maximum atomic E-state index is 11.5. The van der Waals surface area contributed by atoms with Crippen LogP contribution in [-0.2, 0) is 11.3 Å². The minimum absolute atomic E-state index is 0.0130. The molecule has 0 aromatic carbocycles. The Bertz CT molecular complexity index is 455. The van der Waals surface area contributed by atoms with Gasteiger partial charge in [0.25, 0.3) is 0 Å². The summed E-state index contributed by atoms with van der Waals surface area (Å²) in [4.78, 5) is 23.6. The second-order valence-corrected chi connectivity index (χ2v) is 5.47. The van der Waals surface area contributed by atoms with Crippen molar-refractivity contribution in [2.24, 2.45) is 4.99 Å². The highest BCUT2D eigenvalue weighted by atomic mass is 32.1. The molecule has 0 saturated carbocycles. The molecular formula is C12H21N5OS. The summed E-state index contributed by atoms with van der Waals surface area (Å²) >= 11 is 1.63. The van der Waals surface area contributed by atoms with Gasteiger partial charge < -0.3 is 15.1 Å². The number of carbonyl (C=O) groups excluding carboxylic acids is 1. The van der Waals surface area contributed by atoms with Gasteiger partial charge in [0.05, 0.1) is 23.8 Å². The first kappa shape index (κ1) is 15.4. The van der Waals surface area contributed by atoms with E-state index in [1.165, 1.54) is 0 Å². The van der Waals surface area contributed by atoms with Gasteiger partial charge in [-0.05, 0) is 6.92 Å². The van der Waals surface area contributed by atoms with Crippen molar-refractivity contribution in [1.29, 1.82) is 0 Å². The van der Waals surface area contributed by atoms with Crippen LogP contribution in [0.5, 0.6) is 0 Å². The molecule has 0 fully saturated rings. The normalized spacial score (nSPS) is 11.3.